The minimum absolute atomic E-state index is 0.0270. The third kappa shape index (κ3) is 18.8. The van der Waals surface area contributed by atoms with Crippen LogP contribution in [-0.2, 0) is 70.1 Å². The van der Waals surface area contributed by atoms with Crippen LogP contribution in [0.15, 0.2) is 18.2 Å². The fraction of sp³-hybridized carbons (Fsp3) is 0.753. The number of halogens is 4. The van der Waals surface area contributed by atoms with E-state index >= 15 is 28.8 Å². The third-order valence-corrected chi connectivity index (χ3v) is 23.1. The van der Waals surface area contributed by atoms with E-state index in [1.807, 2.05) is 13.8 Å². The Balaban J connectivity index is 1.16. The SMILES string of the molecule is CC(C)C[C@H]1C(=O)N[C@@H](CC2CCC2)C(=O)N(C)[C@@H](C)C(=O)N2CC[C@H]2C(=O)N(C)[C@@H](CC2CCCCC2)C(=O)N(C)CC(=O)N[C@@H](CCc2ccc(C(F)(F)F)c(Cl)c2)C(=O)N2CCC[C@H]2C(=O)NC2(CCCC2)C(=O)N(C)[C@@H](C(C)C)C(=O)N(C)[C@H](C(=O)N2CCCCC2)CC(=O)N1C. The van der Waals surface area contributed by atoms with E-state index in [0.29, 0.717) is 50.8 Å². The van der Waals surface area contributed by atoms with Gasteiger partial charge in [0.05, 0.1) is 23.6 Å². The summed E-state index contributed by atoms with van der Waals surface area (Å²) in [7, 11) is 8.68. The molecule has 1 aromatic rings. The van der Waals surface area contributed by atoms with Crippen molar-refractivity contribution in [2.45, 2.75) is 255 Å². The number of carbonyl (C=O) groups is 12. The number of alkyl halides is 3. The molecule has 1 aromatic carbocycles. The average molecular weight is 1440 g/mol. The van der Waals surface area contributed by atoms with Crippen molar-refractivity contribution in [1.82, 2.24) is 60.0 Å². The number of benzene rings is 1. The molecule has 1 spiro atoms. The van der Waals surface area contributed by atoms with Crippen LogP contribution >= 0.6 is 11.6 Å². The summed E-state index contributed by atoms with van der Waals surface area (Å²) in [6, 6.07) is -7.69. The number of rotatable bonds is 11. The highest BCUT2D eigenvalue weighted by Crippen LogP contribution is 2.38. The summed E-state index contributed by atoms with van der Waals surface area (Å²) in [6.45, 7) is 9.10. The molecule has 4 aliphatic heterocycles. The van der Waals surface area contributed by atoms with E-state index in [2.05, 4.69) is 16.0 Å². The van der Waals surface area contributed by atoms with Gasteiger partial charge in [-0.25, -0.2) is 0 Å². The molecule has 3 aliphatic carbocycles. The lowest BCUT2D eigenvalue weighted by Gasteiger charge is -2.45. The molecule has 101 heavy (non-hydrogen) atoms. The summed E-state index contributed by atoms with van der Waals surface area (Å²) in [5, 5.41) is 8.22. The van der Waals surface area contributed by atoms with Gasteiger partial charge in [0.1, 0.15) is 59.9 Å². The number of likely N-dealkylation sites (N-methyl/N-ethyl adjacent to an activating group) is 6. The molecule has 0 bridgehead atoms. The van der Waals surface area contributed by atoms with Gasteiger partial charge in [0.2, 0.25) is 70.9 Å². The first-order valence-electron chi connectivity index (χ1n) is 36.9. The molecule has 0 unspecified atom stereocenters. The van der Waals surface area contributed by atoms with Gasteiger partial charge in [0.25, 0.3) is 0 Å². The standard InChI is InChI=1S/C73H110ClF3N12O12/c1-44(2)38-56-62(92)79-53(40-47-24-20-25-47)65(95)82(7)46(5)64(94)89-37-31-55(89)68(98)84(9)57(41-48-22-14-12-15-23-48)67(97)81(6)43-59(90)78-52(30-28-49-27-29-50(51(74)39-49)73(75,76)77)66(96)88-36-21-26-54(88)63(93)80-72(32-16-17-33-72)71(101)86(11)61(45(3)4)70(100)85(10)58(42-60(91)83(56)8)69(99)87-34-18-13-19-35-87/h27,29,39,44-48,52-58,61H,12-26,28,30-38,40-43H2,1-11H3,(H,78,90)(H,79,92)(H,80,93)/t46-,52-,53-,54-,55-,56-,57-,58-,61-/m0/s1. The number of amides is 12. The Labute approximate surface area is 598 Å². The molecule has 12 amide bonds. The van der Waals surface area contributed by atoms with Gasteiger partial charge in [-0.15, -0.1) is 0 Å². The quantitative estimate of drug-likeness (QED) is 0.224. The number of likely N-dealkylation sites (tertiary alicyclic amines) is 1. The Morgan fingerprint density at radius 2 is 1.22 bits per heavy atom. The highest BCUT2D eigenvalue weighted by molar-refractivity contribution is 6.31. The van der Waals surface area contributed by atoms with Crippen molar-refractivity contribution in [3.63, 3.8) is 0 Å². The minimum Gasteiger partial charge on any atom is -0.343 e. The van der Waals surface area contributed by atoms with Crippen LogP contribution in [0.4, 0.5) is 13.2 Å². The van der Waals surface area contributed by atoms with Gasteiger partial charge in [-0.3, -0.25) is 57.5 Å². The second kappa shape index (κ2) is 34.5. The molecule has 3 saturated carbocycles. The molecule has 0 aromatic heterocycles. The van der Waals surface area contributed by atoms with Crippen LogP contribution in [0, 0.1) is 23.7 Å². The monoisotopic (exact) mass is 1440 g/mol. The van der Waals surface area contributed by atoms with Crippen LogP contribution in [0.25, 0.3) is 0 Å². The molecule has 7 fully saturated rings. The summed E-state index contributed by atoms with van der Waals surface area (Å²) < 4.78 is 41.6. The zero-order chi connectivity index (χ0) is 74.1. The number of piperidine rings is 1. The van der Waals surface area contributed by atoms with Crippen molar-refractivity contribution < 1.29 is 70.7 Å². The van der Waals surface area contributed by atoms with E-state index in [0.717, 1.165) is 74.8 Å². The van der Waals surface area contributed by atoms with Gasteiger partial charge in [-0.2, -0.15) is 13.2 Å². The molecule has 24 nitrogen and oxygen atoms in total. The van der Waals surface area contributed by atoms with Crippen LogP contribution in [0.3, 0.4) is 0 Å². The summed E-state index contributed by atoms with van der Waals surface area (Å²) in [5.74, 6) is -8.15. The minimum atomic E-state index is -4.76. The van der Waals surface area contributed by atoms with Crippen molar-refractivity contribution in [3.05, 3.63) is 34.3 Å². The van der Waals surface area contributed by atoms with E-state index in [4.69, 9.17) is 11.6 Å². The Kier molecular flexibility index (Phi) is 27.2. The van der Waals surface area contributed by atoms with Gasteiger partial charge in [-0.05, 0) is 132 Å². The first kappa shape index (κ1) is 79.6. The maximum atomic E-state index is 15.5. The number of hydrogen-bond acceptors (Lipinski definition) is 12. The van der Waals surface area contributed by atoms with Crippen molar-refractivity contribution in [1.29, 1.82) is 0 Å². The van der Waals surface area contributed by atoms with Gasteiger partial charge in [-0.1, -0.05) is 110 Å². The van der Waals surface area contributed by atoms with E-state index in [9.17, 15) is 41.9 Å². The van der Waals surface area contributed by atoms with E-state index in [1.54, 1.807) is 25.7 Å². The van der Waals surface area contributed by atoms with Crippen molar-refractivity contribution in [3.8, 4) is 0 Å². The molecular formula is C73H110ClF3N12O12. The van der Waals surface area contributed by atoms with Crippen molar-refractivity contribution >= 4 is 82.5 Å². The maximum Gasteiger partial charge on any atom is 0.417 e. The Morgan fingerprint density at radius 1 is 0.594 bits per heavy atom. The molecule has 3 N–H and O–H groups in total. The zero-order valence-electron chi connectivity index (χ0n) is 61.2. The molecule has 4 heterocycles. The first-order chi connectivity index (χ1) is 47.7. The van der Waals surface area contributed by atoms with E-state index in [-0.39, 0.29) is 88.6 Å². The highest BCUT2D eigenvalue weighted by atomic mass is 35.5. The van der Waals surface area contributed by atoms with Crippen LogP contribution in [0.1, 0.15) is 193 Å². The second-order valence-corrected chi connectivity index (χ2v) is 31.1. The first-order valence-corrected chi connectivity index (χ1v) is 37.3. The lowest BCUT2D eigenvalue weighted by molar-refractivity contribution is -0.160. The fourth-order valence-corrected chi connectivity index (χ4v) is 16.5. The number of nitrogens with one attached hydrogen (secondary N) is 3. The Hall–Kier alpha value is -7.06. The van der Waals surface area contributed by atoms with Gasteiger partial charge < -0.3 is 60.0 Å². The van der Waals surface area contributed by atoms with Gasteiger partial charge >= 0.3 is 6.18 Å². The summed E-state index contributed by atoms with van der Waals surface area (Å²) in [5.41, 5.74) is -2.35. The lowest BCUT2D eigenvalue weighted by atomic mass is 9.80. The predicted molar refractivity (Wildman–Crippen MR) is 371 cm³/mol. The average Bonchev–Trinajstić information content (AvgIpc) is 1.40. The topological polar surface area (TPSA) is 270 Å². The van der Waals surface area contributed by atoms with Crippen LogP contribution in [0.2, 0.25) is 5.02 Å². The number of nitrogens with zero attached hydrogens (tertiary/aromatic N) is 9. The molecular weight excluding hydrogens is 1330 g/mol. The molecule has 7 aliphatic rings. The van der Waals surface area contributed by atoms with E-state index in [1.165, 1.54) is 82.7 Å². The smallest absolute Gasteiger partial charge is 0.343 e. The van der Waals surface area contributed by atoms with Crippen molar-refractivity contribution in [2.24, 2.45) is 23.7 Å². The lowest BCUT2D eigenvalue weighted by Crippen LogP contribution is -2.65. The Morgan fingerprint density at radius 3 is 1.80 bits per heavy atom. The molecule has 8 rings (SSSR count). The number of carbonyl (C=O) groups excluding carboxylic acids is 12. The largest absolute Gasteiger partial charge is 0.417 e. The molecule has 28 heteroatoms. The fourth-order valence-electron chi connectivity index (χ4n) is 16.2. The van der Waals surface area contributed by atoms with Gasteiger partial charge in [0.15, 0.2) is 0 Å². The molecule has 0 radical (unpaired) electrons. The summed E-state index contributed by atoms with van der Waals surface area (Å²) in [4.78, 5) is 192. The number of hydrogen-bond donors (Lipinski definition) is 3. The van der Waals surface area contributed by atoms with Gasteiger partial charge in [0, 0.05) is 68.5 Å². The van der Waals surface area contributed by atoms with E-state index < -0.39 is 166 Å². The molecule has 4 saturated heterocycles. The predicted octanol–water partition coefficient (Wildman–Crippen LogP) is 6.17. The second-order valence-electron chi connectivity index (χ2n) is 30.7. The maximum absolute atomic E-state index is 15.5. The normalized spacial score (nSPS) is 28.2. The number of aryl methyl sites for hydroxylation is 1. The van der Waals surface area contributed by atoms with Crippen molar-refractivity contribution in [2.75, 3.05) is 75.0 Å². The third-order valence-electron chi connectivity index (χ3n) is 22.8. The molecule has 9 atom stereocenters. The zero-order valence-corrected chi connectivity index (χ0v) is 61.9. The van der Waals surface area contributed by atoms with Crippen LogP contribution < -0.4 is 16.0 Å². The summed E-state index contributed by atoms with van der Waals surface area (Å²) >= 11 is 6.16. The van der Waals surface area contributed by atoms with Crippen LogP contribution in [0.5, 0.6) is 0 Å². The molecule has 562 valence electrons. The van der Waals surface area contributed by atoms with Crippen LogP contribution in [-0.4, -0.2) is 250 Å². The highest BCUT2D eigenvalue weighted by Gasteiger charge is 2.52. The summed E-state index contributed by atoms with van der Waals surface area (Å²) in [6.07, 6.45) is 6.22. The number of fused-ring (bicyclic) bond motifs is 2. The Bertz CT molecular complexity index is 3210.